The molecule has 0 aromatic heterocycles. The molecule has 82 valence electrons. The molecule has 0 saturated heterocycles. The van der Waals surface area contributed by atoms with Crippen molar-refractivity contribution < 1.29 is 12.8 Å². The average molecular weight is 213 g/mol. The predicted molar refractivity (Wildman–Crippen MR) is 62.7 cm³/mol. The Labute approximate surface area is 107 Å². The van der Waals surface area contributed by atoms with Gasteiger partial charge in [-0.15, -0.1) is 0 Å². The van der Waals surface area contributed by atoms with Gasteiger partial charge in [-0.05, 0) is 26.2 Å². The van der Waals surface area contributed by atoms with Crippen LogP contribution in [-0.4, -0.2) is 34.1 Å². The number of unbranched alkanes of at least 4 members (excludes halogenated alkanes) is 2. The molecule has 0 aromatic rings. The summed E-state index contributed by atoms with van der Waals surface area (Å²) in [6.07, 6.45) is 4.57. The second-order valence-electron chi connectivity index (χ2n) is 4.42. The fourth-order valence-corrected chi connectivity index (χ4v) is 1.27. The molecule has 0 bridgehead atoms. The summed E-state index contributed by atoms with van der Waals surface area (Å²) < 4.78 is 0. The van der Waals surface area contributed by atoms with Gasteiger partial charge in [0.15, 0.2) is 0 Å². The fraction of sp³-hybridized carbons (Fsp3) is 0.909. The molecule has 0 aliphatic rings. The molecule has 1 N–H and O–H groups in total. The summed E-state index contributed by atoms with van der Waals surface area (Å²) in [7, 11) is 0. The van der Waals surface area contributed by atoms with Crippen LogP contribution in [0.15, 0.2) is 0 Å². The van der Waals surface area contributed by atoms with Crippen molar-refractivity contribution in [2.75, 3.05) is 0 Å². The van der Waals surface area contributed by atoms with E-state index < -0.39 is 11.4 Å². The summed E-state index contributed by atoms with van der Waals surface area (Å²) >= 11 is 0. The van der Waals surface area contributed by atoms with Crippen LogP contribution in [-0.2, 0) is 4.79 Å². The molecule has 1 atom stereocenters. The van der Waals surface area contributed by atoms with Crippen LogP contribution >= 0.6 is 0 Å². The van der Waals surface area contributed by atoms with E-state index in [0.29, 0.717) is 0 Å². The summed E-state index contributed by atoms with van der Waals surface area (Å²) in [6, 6.07) is 0. The molecule has 0 heterocycles. The van der Waals surface area contributed by atoms with Crippen LogP contribution in [0.1, 0.15) is 56.2 Å². The zero-order valence-corrected chi connectivity index (χ0v) is 11.4. The molecule has 0 amide bonds. The average Bonchev–Trinajstić information content (AvgIpc) is 2.04. The van der Waals surface area contributed by atoms with Crippen LogP contribution in [0.5, 0.6) is 0 Å². The van der Waals surface area contributed by atoms with Gasteiger partial charge < -0.3 is 7.96 Å². The van der Waals surface area contributed by atoms with E-state index in [2.05, 4.69) is 6.92 Å². The van der Waals surface area contributed by atoms with Gasteiger partial charge in [-0.1, -0.05) is 33.1 Å². The van der Waals surface area contributed by atoms with Crippen molar-refractivity contribution in [3.8, 4) is 0 Å². The minimum absolute atomic E-state index is 0. The number of hydrogen-bond acceptors (Lipinski definition) is 1. The van der Waals surface area contributed by atoms with Gasteiger partial charge in [-0.25, -0.2) is 0 Å². The van der Waals surface area contributed by atoms with E-state index in [0.717, 1.165) is 12.8 Å². The van der Waals surface area contributed by atoms with Crippen molar-refractivity contribution >= 4 is 29.0 Å². The Kier molecular flexibility index (Phi) is 8.95. The molecule has 0 aliphatic heterocycles. The standard InChI is InChI=1S/C11H22O2.Mg.2H/c1-5-6-7-8-9(2)11(3,4)10(12)13;;;/h9H,5-8H2,1-4H3,(H,12,13);;;/q;+2;2*-1. The van der Waals surface area contributed by atoms with Gasteiger partial charge in [0, 0.05) is 0 Å². The van der Waals surface area contributed by atoms with E-state index in [1.165, 1.54) is 12.8 Å². The van der Waals surface area contributed by atoms with Crippen LogP contribution < -0.4 is 0 Å². The Morgan fingerprint density at radius 2 is 1.93 bits per heavy atom. The molecule has 0 rings (SSSR count). The maximum atomic E-state index is 10.9. The quantitative estimate of drug-likeness (QED) is 0.543. The van der Waals surface area contributed by atoms with Crippen LogP contribution in [0.3, 0.4) is 0 Å². The van der Waals surface area contributed by atoms with Crippen LogP contribution in [0.4, 0.5) is 0 Å². The summed E-state index contributed by atoms with van der Waals surface area (Å²) in [6.45, 7) is 7.81. The Bertz CT molecular complexity index is 175. The molecule has 0 aromatic carbocycles. The van der Waals surface area contributed by atoms with Crippen molar-refractivity contribution in [1.82, 2.24) is 0 Å². The van der Waals surface area contributed by atoms with E-state index in [4.69, 9.17) is 5.11 Å². The summed E-state index contributed by atoms with van der Waals surface area (Å²) in [5, 5.41) is 8.97. The Hall–Kier alpha value is 0.236. The molecule has 0 fully saturated rings. The Balaban J connectivity index is -0.000000240. The van der Waals surface area contributed by atoms with Crippen LogP contribution in [0.25, 0.3) is 0 Å². The molecule has 0 aliphatic carbocycles. The first-order valence-electron chi connectivity index (χ1n) is 5.16. The van der Waals surface area contributed by atoms with Gasteiger partial charge in [0.05, 0.1) is 5.41 Å². The third-order valence-corrected chi connectivity index (χ3v) is 3.02. The molecule has 2 nitrogen and oxygen atoms in total. The Morgan fingerprint density at radius 3 is 2.29 bits per heavy atom. The first-order chi connectivity index (χ1) is 5.92. The third-order valence-electron chi connectivity index (χ3n) is 3.02. The first-order valence-corrected chi connectivity index (χ1v) is 5.16. The second kappa shape index (κ2) is 7.52. The van der Waals surface area contributed by atoms with Gasteiger partial charge in [-0.3, -0.25) is 4.79 Å². The maximum absolute atomic E-state index is 10.9. The normalized spacial score (nSPS) is 13.1. The zero-order valence-electron chi connectivity index (χ0n) is 12.0. The van der Waals surface area contributed by atoms with Gasteiger partial charge in [-0.2, -0.15) is 0 Å². The zero-order chi connectivity index (χ0) is 10.5. The predicted octanol–water partition coefficient (Wildman–Crippen LogP) is 3.16. The summed E-state index contributed by atoms with van der Waals surface area (Å²) in [5.74, 6) is -0.423. The monoisotopic (exact) mass is 212 g/mol. The molecule has 14 heavy (non-hydrogen) atoms. The first kappa shape index (κ1) is 16.7. The molecule has 3 heteroatoms. The molecule has 0 radical (unpaired) electrons. The molecular weight excluding hydrogens is 188 g/mol. The number of carbonyl (C=O) groups is 1. The van der Waals surface area contributed by atoms with Crippen LogP contribution in [0, 0.1) is 11.3 Å². The van der Waals surface area contributed by atoms with E-state index in [1.807, 2.05) is 20.8 Å². The second-order valence-corrected chi connectivity index (χ2v) is 4.42. The van der Waals surface area contributed by atoms with E-state index in [9.17, 15) is 4.79 Å². The number of rotatable bonds is 6. The van der Waals surface area contributed by atoms with Crippen molar-refractivity contribution in [2.24, 2.45) is 11.3 Å². The number of carboxylic acid groups (broad SMARTS) is 1. The number of hydrogen-bond donors (Lipinski definition) is 1. The number of carboxylic acids is 1. The van der Waals surface area contributed by atoms with E-state index in [1.54, 1.807) is 0 Å². The fourth-order valence-electron chi connectivity index (χ4n) is 1.27. The third kappa shape index (κ3) is 5.20. The maximum Gasteiger partial charge on any atom is 2.00 e. The molecular formula is C11H24MgO2. The SMILES string of the molecule is CCCCCC(C)C(C)(C)C(=O)O.[H-].[H-].[Mg+2]. The Morgan fingerprint density at radius 1 is 1.43 bits per heavy atom. The van der Waals surface area contributed by atoms with Gasteiger partial charge >= 0.3 is 29.0 Å². The molecule has 0 spiro atoms. The minimum atomic E-state index is -0.684. The van der Waals surface area contributed by atoms with E-state index in [-0.39, 0.29) is 31.8 Å². The topological polar surface area (TPSA) is 37.3 Å². The van der Waals surface area contributed by atoms with Gasteiger partial charge in [0.1, 0.15) is 0 Å². The van der Waals surface area contributed by atoms with Crippen molar-refractivity contribution in [3.63, 3.8) is 0 Å². The molecule has 1 unspecified atom stereocenters. The smallest absolute Gasteiger partial charge is 1.00 e. The van der Waals surface area contributed by atoms with E-state index >= 15 is 0 Å². The summed E-state index contributed by atoms with van der Waals surface area (Å²) in [5.41, 5.74) is -0.576. The largest absolute Gasteiger partial charge is 2.00 e. The minimum Gasteiger partial charge on any atom is -1.00 e. The summed E-state index contributed by atoms with van der Waals surface area (Å²) in [4.78, 5) is 10.9. The van der Waals surface area contributed by atoms with Crippen LogP contribution in [0.2, 0.25) is 0 Å². The van der Waals surface area contributed by atoms with Gasteiger partial charge in [0.25, 0.3) is 0 Å². The van der Waals surface area contributed by atoms with Crippen molar-refractivity contribution in [2.45, 2.75) is 53.4 Å². The number of aliphatic carboxylic acids is 1. The molecule has 0 saturated carbocycles. The van der Waals surface area contributed by atoms with Crippen molar-refractivity contribution in [1.29, 1.82) is 0 Å². The van der Waals surface area contributed by atoms with Gasteiger partial charge in [0.2, 0.25) is 0 Å². The van der Waals surface area contributed by atoms with Crippen molar-refractivity contribution in [3.05, 3.63) is 0 Å².